The first-order valence-electron chi connectivity index (χ1n) is 7.39. The van der Waals surface area contributed by atoms with Gasteiger partial charge in [-0.05, 0) is 49.9 Å². The number of nitrogens with one attached hydrogen (secondary N) is 1. The van der Waals surface area contributed by atoms with E-state index in [0.717, 1.165) is 32.4 Å². The Hall–Kier alpha value is -1.33. The van der Waals surface area contributed by atoms with Crippen molar-refractivity contribution in [3.8, 4) is 5.75 Å². The molecule has 2 aliphatic rings. The number of rotatable bonds is 3. The smallest absolute Gasteiger partial charge is 0.230 e. The van der Waals surface area contributed by atoms with Crippen molar-refractivity contribution in [1.82, 2.24) is 5.32 Å². The molecule has 0 bridgehead atoms. The molecule has 1 heterocycles. The number of nitrogens with zero attached hydrogens (tertiary/aromatic N) is 1. The number of ether oxygens (including phenoxy) is 1. The minimum atomic E-state index is -0.443. The number of halogens is 2. The molecule has 1 atom stereocenters. The molecule has 1 aliphatic carbocycles. The SMILES string of the molecule is COc1ccc(N(C)C(=O)C2CC23CCNCC3)cc1F.Cl. The van der Waals surface area contributed by atoms with Gasteiger partial charge in [0.15, 0.2) is 11.6 Å². The molecule has 4 nitrogen and oxygen atoms in total. The lowest BCUT2D eigenvalue weighted by Gasteiger charge is -2.25. The van der Waals surface area contributed by atoms with E-state index in [-0.39, 0.29) is 35.4 Å². The van der Waals surface area contributed by atoms with E-state index in [1.165, 1.54) is 13.2 Å². The maximum atomic E-state index is 13.8. The zero-order chi connectivity index (χ0) is 15.0. The summed E-state index contributed by atoms with van der Waals surface area (Å²) in [4.78, 5) is 14.2. The third-order valence-electron chi connectivity index (χ3n) is 4.94. The molecule has 1 saturated heterocycles. The summed E-state index contributed by atoms with van der Waals surface area (Å²) in [6, 6.07) is 4.63. The van der Waals surface area contributed by atoms with Gasteiger partial charge in [-0.15, -0.1) is 12.4 Å². The number of benzene rings is 1. The van der Waals surface area contributed by atoms with E-state index < -0.39 is 5.82 Å². The van der Waals surface area contributed by atoms with Gasteiger partial charge in [-0.1, -0.05) is 0 Å². The highest BCUT2D eigenvalue weighted by Crippen LogP contribution is 2.59. The predicted octanol–water partition coefficient (Wildman–Crippen LogP) is 2.61. The van der Waals surface area contributed by atoms with Gasteiger partial charge >= 0.3 is 0 Å². The van der Waals surface area contributed by atoms with Crippen molar-refractivity contribution in [2.45, 2.75) is 19.3 Å². The fraction of sp³-hybridized carbons (Fsp3) is 0.562. The number of piperidine rings is 1. The van der Waals surface area contributed by atoms with E-state index in [1.807, 2.05) is 0 Å². The largest absolute Gasteiger partial charge is 0.494 e. The highest BCUT2D eigenvalue weighted by molar-refractivity contribution is 5.97. The van der Waals surface area contributed by atoms with Crippen LogP contribution in [0.15, 0.2) is 18.2 Å². The molecule has 6 heteroatoms. The van der Waals surface area contributed by atoms with Gasteiger partial charge in [0, 0.05) is 24.7 Å². The van der Waals surface area contributed by atoms with Gasteiger partial charge in [0.25, 0.3) is 0 Å². The summed E-state index contributed by atoms with van der Waals surface area (Å²) >= 11 is 0. The van der Waals surface area contributed by atoms with Crippen LogP contribution in [-0.2, 0) is 4.79 Å². The fourth-order valence-electron chi connectivity index (χ4n) is 3.40. The zero-order valence-electron chi connectivity index (χ0n) is 12.9. The van der Waals surface area contributed by atoms with E-state index in [0.29, 0.717) is 5.69 Å². The first-order valence-corrected chi connectivity index (χ1v) is 7.39. The summed E-state index contributed by atoms with van der Waals surface area (Å²) in [5.41, 5.74) is 0.774. The second-order valence-corrected chi connectivity index (χ2v) is 6.09. The van der Waals surface area contributed by atoms with Gasteiger partial charge in [-0.2, -0.15) is 0 Å². The Kier molecular flexibility index (Phi) is 4.97. The summed E-state index contributed by atoms with van der Waals surface area (Å²) in [5, 5.41) is 3.33. The molecule has 1 aromatic rings. The van der Waals surface area contributed by atoms with Crippen molar-refractivity contribution < 1.29 is 13.9 Å². The van der Waals surface area contributed by atoms with Crippen LogP contribution in [0.2, 0.25) is 0 Å². The van der Waals surface area contributed by atoms with E-state index in [1.54, 1.807) is 24.1 Å². The number of anilines is 1. The van der Waals surface area contributed by atoms with Crippen LogP contribution >= 0.6 is 12.4 Å². The van der Waals surface area contributed by atoms with Crippen LogP contribution in [0, 0.1) is 17.2 Å². The number of hydrogen-bond acceptors (Lipinski definition) is 3. The third-order valence-corrected chi connectivity index (χ3v) is 4.94. The molecule has 3 rings (SSSR count). The molecule has 1 aliphatic heterocycles. The number of amides is 1. The second-order valence-electron chi connectivity index (χ2n) is 6.09. The number of carbonyl (C=O) groups is 1. The lowest BCUT2D eigenvalue weighted by atomic mass is 9.91. The minimum Gasteiger partial charge on any atom is -0.494 e. The molecule has 0 aromatic heterocycles. The second kappa shape index (κ2) is 6.42. The summed E-state index contributed by atoms with van der Waals surface area (Å²) < 4.78 is 18.7. The van der Waals surface area contributed by atoms with Crippen molar-refractivity contribution in [2.24, 2.45) is 11.3 Å². The van der Waals surface area contributed by atoms with Crippen molar-refractivity contribution in [3.05, 3.63) is 24.0 Å². The minimum absolute atomic E-state index is 0. The Balaban J connectivity index is 0.00000176. The standard InChI is InChI=1S/C16H21FN2O2.ClH/c1-19(11-3-4-14(21-2)13(17)9-11)15(20)12-10-16(12)5-7-18-8-6-16;/h3-4,9,12,18H,5-8,10H2,1-2H3;1H. The molecule has 22 heavy (non-hydrogen) atoms. The third kappa shape index (κ3) is 2.92. The van der Waals surface area contributed by atoms with E-state index in [4.69, 9.17) is 4.74 Å². The molecule has 2 fully saturated rings. The van der Waals surface area contributed by atoms with Gasteiger partial charge in [-0.3, -0.25) is 4.79 Å². The van der Waals surface area contributed by atoms with Gasteiger partial charge < -0.3 is 15.0 Å². The topological polar surface area (TPSA) is 41.6 Å². The molecule has 122 valence electrons. The van der Waals surface area contributed by atoms with E-state index in [2.05, 4.69) is 5.32 Å². The van der Waals surface area contributed by atoms with E-state index >= 15 is 0 Å². The van der Waals surface area contributed by atoms with Crippen LogP contribution in [0.4, 0.5) is 10.1 Å². The van der Waals surface area contributed by atoms with Crippen LogP contribution in [0.1, 0.15) is 19.3 Å². The van der Waals surface area contributed by atoms with Crippen molar-refractivity contribution >= 4 is 24.0 Å². The summed E-state index contributed by atoms with van der Waals surface area (Å²) in [6.45, 7) is 1.98. The fourth-order valence-corrected chi connectivity index (χ4v) is 3.40. The first kappa shape index (κ1) is 17.0. The Bertz CT molecular complexity index is 561. The average molecular weight is 329 g/mol. The zero-order valence-corrected chi connectivity index (χ0v) is 13.7. The molecular weight excluding hydrogens is 307 g/mol. The Morgan fingerprint density at radius 1 is 1.41 bits per heavy atom. The van der Waals surface area contributed by atoms with Crippen LogP contribution in [0.3, 0.4) is 0 Å². The Labute approximate surface area is 136 Å². The predicted molar refractivity (Wildman–Crippen MR) is 86.3 cm³/mol. The number of methoxy groups -OCH3 is 1. The average Bonchev–Trinajstić information content (AvgIpc) is 3.19. The van der Waals surface area contributed by atoms with Crippen LogP contribution in [0.5, 0.6) is 5.75 Å². The summed E-state index contributed by atoms with van der Waals surface area (Å²) in [6.07, 6.45) is 3.10. The normalized spacial score (nSPS) is 21.9. The van der Waals surface area contributed by atoms with Gasteiger partial charge in [0.05, 0.1) is 7.11 Å². The summed E-state index contributed by atoms with van der Waals surface area (Å²) in [7, 11) is 3.15. The Morgan fingerprint density at radius 2 is 2.09 bits per heavy atom. The van der Waals surface area contributed by atoms with E-state index in [9.17, 15) is 9.18 Å². The highest BCUT2D eigenvalue weighted by Gasteiger charge is 2.58. The van der Waals surface area contributed by atoms with Gasteiger partial charge in [0.2, 0.25) is 5.91 Å². The lowest BCUT2D eigenvalue weighted by molar-refractivity contribution is -0.120. The quantitative estimate of drug-likeness (QED) is 0.927. The lowest BCUT2D eigenvalue weighted by Crippen LogP contribution is -2.34. The molecule has 1 aromatic carbocycles. The monoisotopic (exact) mass is 328 g/mol. The van der Waals surface area contributed by atoms with Crippen molar-refractivity contribution in [2.75, 3.05) is 32.1 Å². The highest BCUT2D eigenvalue weighted by atomic mass is 35.5. The molecule has 1 spiro atoms. The molecular formula is C16H22ClFN2O2. The van der Waals surface area contributed by atoms with Crippen molar-refractivity contribution in [3.63, 3.8) is 0 Å². The summed E-state index contributed by atoms with van der Waals surface area (Å²) in [5.74, 6) is -0.0564. The van der Waals surface area contributed by atoms with Crippen molar-refractivity contribution in [1.29, 1.82) is 0 Å². The molecule has 1 unspecified atom stereocenters. The van der Waals surface area contributed by atoms with Crippen LogP contribution in [-0.4, -0.2) is 33.2 Å². The molecule has 0 radical (unpaired) electrons. The van der Waals surface area contributed by atoms with Gasteiger partial charge in [-0.25, -0.2) is 4.39 Å². The van der Waals surface area contributed by atoms with Crippen LogP contribution in [0.25, 0.3) is 0 Å². The van der Waals surface area contributed by atoms with Crippen LogP contribution < -0.4 is 15.0 Å². The molecule has 1 amide bonds. The Morgan fingerprint density at radius 3 is 2.68 bits per heavy atom. The number of carbonyl (C=O) groups excluding carboxylic acids is 1. The maximum absolute atomic E-state index is 13.8. The molecule has 1 N–H and O–H groups in total. The van der Waals surface area contributed by atoms with Gasteiger partial charge in [0.1, 0.15) is 0 Å². The molecule has 1 saturated carbocycles. The maximum Gasteiger partial charge on any atom is 0.230 e. The number of hydrogen-bond donors (Lipinski definition) is 1. The first-order chi connectivity index (χ1) is 10.1.